The Bertz CT molecular complexity index is 1070. The van der Waals surface area contributed by atoms with Gasteiger partial charge in [0.05, 0.1) is 31.2 Å². The minimum Gasteiger partial charge on any atom is -0.497 e. The summed E-state index contributed by atoms with van der Waals surface area (Å²) in [6, 6.07) is 15.4. The number of nitrogens with one attached hydrogen (secondary N) is 1. The van der Waals surface area contributed by atoms with Gasteiger partial charge in [0.2, 0.25) is 5.91 Å². The molecule has 154 valence electrons. The molecule has 1 amide bonds. The van der Waals surface area contributed by atoms with Crippen LogP contribution in [-0.4, -0.2) is 29.1 Å². The predicted molar refractivity (Wildman–Crippen MR) is 114 cm³/mol. The summed E-state index contributed by atoms with van der Waals surface area (Å²) < 4.78 is 5.26. The second-order valence-corrected chi connectivity index (χ2v) is 8.46. The van der Waals surface area contributed by atoms with Crippen LogP contribution in [0, 0.1) is 5.41 Å². The standard InChI is InChI=1S/C23H22N2O4S/c1-29-18-8-4-7-15(9-18)19-14-30-20(25-19)13-24-22(28)23(12-21(26)27)10-16-5-2-3-6-17(16)11-23/h2-9,14H,10-13H2,1H3,(H,24,28)(H,26,27). The van der Waals surface area contributed by atoms with Crippen LogP contribution in [-0.2, 0) is 29.0 Å². The first-order chi connectivity index (χ1) is 14.5. The summed E-state index contributed by atoms with van der Waals surface area (Å²) in [6.07, 6.45) is 0.683. The van der Waals surface area contributed by atoms with Crippen molar-refractivity contribution in [3.05, 3.63) is 70.0 Å². The average Bonchev–Trinajstić information content (AvgIpc) is 3.36. The number of hydrogen-bond donors (Lipinski definition) is 2. The van der Waals surface area contributed by atoms with Crippen molar-refractivity contribution in [3.63, 3.8) is 0 Å². The number of carboxylic acids is 1. The van der Waals surface area contributed by atoms with Gasteiger partial charge >= 0.3 is 5.97 Å². The molecule has 0 bridgehead atoms. The Morgan fingerprint density at radius 3 is 2.57 bits per heavy atom. The first-order valence-electron chi connectivity index (χ1n) is 9.65. The zero-order chi connectivity index (χ0) is 21.1. The number of amides is 1. The number of fused-ring (bicyclic) bond motifs is 1. The summed E-state index contributed by atoms with van der Waals surface area (Å²) in [4.78, 5) is 29.2. The molecule has 6 nitrogen and oxygen atoms in total. The minimum atomic E-state index is -0.965. The van der Waals surface area contributed by atoms with E-state index in [1.807, 2.05) is 53.9 Å². The van der Waals surface area contributed by atoms with Crippen molar-refractivity contribution >= 4 is 23.2 Å². The number of carboxylic acid groups (broad SMARTS) is 1. The number of carbonyl (C=O) groups excluding carboxylic acids is 1. The number of rotatable bonds is 7. The van der Waals surface area contributed by atoms with Crippen LogP contribution in [0.25, 0.3) is 11.3 Å². The third-order valence-electron chi connectivity index (χ3n) is 5.46. The Hall–Kier alpha value is -3.19. The number of ether oxygens (including phenoxy) is 1. The van der Waals surface area contributed by atoms with Crippen molar-refractivity contribution in [2.24, 2.45) is 5.41 Å². The van der Waals surface area contributed by atoms with Crippen LogP contribution in [0.2, 0.25) is 0 Å². The lowest BCUT2D eigenvalue weighted by Gasteiger charge is -2.25. The molecule has 4 rings (SSSR count). The second kappa shape index (κ2) is 8.28. The van der Waals surface area contributed by atoms with E-state index in [4.69, 9.17) is 4.74 Å². The normalized spacial score (nSPS) is 14.2. The van der Waals surface area contributed by atoms with Crippen LogP contribution in [0.5, 0.6) is 5.75 Å². The van der Waals surface area contributed by atoms with E-state index in [-0.39, 0.29) is 18.9 Å². The molecule has 0 aliphatic heterocycles. The molecule has 1 aromatic heterocycles. The van der Waals surface area contributed by atoms with Gasteiger partial charge < -0.3 is 15.2 Å². The molecule has 0 radical (unpaired) electrons. The smallest absolute Gasteiger partial charge is 0.304 e. The quantitative estimate of drug-likeness (QED) is 0.606. The minimum absolute atomic E-state index is 0.194. The van der Waals surface area contributed by atoms with E-state index in [1.54, 1.807) is 7.11 Å². The molecule has 30 heavy (non-hydrogen) atoms. The first-order valence-corrected chi connectivity index (χ1v) is 10.5. The Kier molecular flexibility index (Phi) is 5.55. The predicted octanol–water partition coefficient (Wildman–Crippen LogP) is 3.69. The lowest BCUT2D eigenvalue weighted by molar-refractivity contribution is -0.145. The zero-order valence-corrected chi connectivity index (χ0v) is 17.4. The van der Waals surface area contributed by atoms with Gasteiger partial charge in [-0.2, -0.15) is 0 Å². The van der Waals surface area contributed by atoms with Gasteiger partial charge in [0.15, 0.2) is 0 Å². The molecule has 1 heterocycles. The molecule has 1 aliphatic carbocycles. The van der Waals surface area contributed by atoms with E-state index in [9.17, 15) is 14.7 Å². The summed E-state index contributed by atoms with van der Waals surface area (Å²) in [7, 11) is 1.62. The van der Waals surface area contributed by atoms with Gasteiger partial charge in [-0.3, -0.25) is 9.59 Å². The number of aliphatic carboxylic acids is 1. The van der Waals surface area contributed by atoms with Gasteiger partial charge in [0.25, 0.3) is 0 Å². The largest absolute Gasteiger partial charge is 0.497 e. The highest BCUT2D eigenvalue weighted by atomic mass is 32.1. The average molecular weight is 423 g/mol. The molecule has 0 spiro atoms. The van der Waals surface area contributed by atoms with E-state index in [2.05, 4.69) is 10.3 Å². The maximum atomic E-state index is 13.1. The van der Waals surface area contributed by atoms with Crippen LogP contribution in [0.1, 0.15) is 22.6 Å². The van der Waals surface area contributed by atoms with Gasteiger partial charge in [0.1, 0.15) is 10.8 Å². The van der Waals surface area contributed by atoms with Crippen LogP contribution in [0.4, 0.5) is 0 Å². The van der Waals surface area contributed by atoms with E-state index in [0.717, 1.165) is 33.1 Å². The first kappa shape index (κ1) is 20.1. The highest BCUT2D eigenvalue weighted by Gasteiger charge is 2.45. The van der Waals surface area contributed by atoms with Crippen molar-refractivity contribution in [1.82, 2.24) is 10.3 Å². The van der Waals surface area contributed by atoms with E-state index in [1.165, 1.54) is 11.3 Å². The van der Waals surface area contributed by atoms with Crippen LogP contribution < -0.4 is 10.1 Å². The van der Waals surface area contributed by atoms with E-state index >= 15 is 0 Å². The number of nitrogens with zero attached hydrogens (tertiary/aromatic N) is 1. The monoisotopic (exact) mass is 422 g/mol. The lowest BCUT2D eigenvalue weighted by Crippen LogP contribution is -2.43. The maximum absolute atomic E-state index is 13.1. The summed E-state index contributed by atoms with van der Waals surface area (Å²) >= 11 is 1.46. The molecule has 0 saturated heterocycles. The Morgan fingerprint density at radius 1 is 1.17 bits per heavy atom. The highest BCUT2D eigenvalue weighted by Crippen LogP contribution is 2.40. The molecule has 7 heteroatoms. The molecule has 0 atom stereocenters. The van der Waals surface area contributed by atoms with Gasteiger partial charge in [0, 0.05) is 10.9 Å². The fourth-order valence-electron chi connectivity index (χ4n) is 4.00. The van der Waals surface area contributed by atoms with E-state index < -0.39 is 11.4 Å². The summed E-state index contributed by atoms with van der Waals surface area (Å²) in [6.45, 7) is 0.269. The molecular weight excluding hydrogens is 400 g/mol. The molecule has 1 aliphatic rings. The fraction of sp³-hybridized carbons (Fsp3) is 0.261. The summed E-state index contributed by atoms with van der Waals surface area (Å²) in [5, 5.41) is 15.1. The Balaban J connectivity index is 1.47. The Labute approximate surface area is 178 Å². The summed E-state index contributed by atoms with van der Waals surface area (Å²) in [5.74, 6) is -0.446. The highest BCUT2D eigenvalue weighted by molar-refractivity contribution is 7.09. The molecule has 0 fully saturated rings. The van der Waals surface area contributed by atoms with Crippen molar-refractivity contribution in [1.29, 1.82) is 0 Å². The number of hydrogen-bond acceptors (Lipinski definition) is 5. The van der Waals surface area contributed by atoms with Crippen molar-refractivity contribution in [2.75, 3.05) is 7.11 Å². The topological polar surface area (TPSA) is 88.5 Å². The molecular formula is C23H22N2O4S. The zero-order valence-electron chi connectivity index (χ0n) is 16.6. The van der Waals surface area contributed by atoms with Gasteiger partial charge in [-0.1, -0.05) is 36.4 Å². The van der Waals surface area contributed by atoms with Crippen LogP contribution >= 0.6 is 11.3 Å². The number of carbonyl (C=O) groups is 2. The number of aromatic nitrogens is 1. The molecule has 3 aromatic rings. The number of methoxy groups -OCH3 is 1. The third-order valence-corrected chi connectivity index (χ3v) is 6.31. The SMILES string of the molecule is COc1cccc(-c2csc(CNC(=O)C3(CC(=O)O)Cc4ccccc4C3)n2)c1. The van der Waals surface area contributed by atoms with Crippen LogP contribution in [0.15, 0.2) is 53.9 Å². The molecule has 0 unspecified atom stereocenters. The molecule has 2 aromatic carbocycles. The maximum Gasteiger partial charge on any atom is 0.304 e. The van der Waals surface area contributed by atoms with Crippen molar-refractivity contribution < 1.29 is 19.4 Å². The third kappa shape index (κ3) is 4.07. The number of thiazole rings is 1. The van der Waals surface area contributed by atoms with Crippen molar-refractivity contribution in [3.8, 4) is 17.0 Å². The van der Waals surface area contributed by atoms with Crippen LogP contribution in [0.3, 0.4) is 0 Å². The van der Waals surface area contributed by atoms with E-state index in [0.29, 0.717) is 12.8 Å². The lowest BCUT2D eigenvalue weighted by atomic mass is 9.80. The number of benzene rings is 2. The van der Waals surface area contributed by atoms with Gasteiger partial charge in [-0.05, 0) is 36.1 Å². The van der Waals surface area contributed by atoms with Crippen molar-refractivity contribution in [2.45, 2.75) is 25.8 Å². The molecule has 0 saturated carbocycles. The second-order valence-electron chi connectivity index (χ2n) is 7.51. The van der Waals surface area contributed by atoms with Gasteiger partial charge in [-0.15, -0.1) is 11.3 Å². The van der Waals surface area contributed by atoms with Gasteiger partial charge in [-0.25, -0.2) is 4.98 Å². The Morgan fingerprint density at radius 2 is 1.90 bits per heavy atom. The fourth-order valence-corrected chi connectivity index (χ4v) is 4.74. The molecule has 2 N–H and O–H groups in total. The summed E-state index contributed by atoms with van der Waals surface area (Å²) in [5.41, 5.74) is 2.89.